The normalized spacial score (nSPS) is 32.5. The Morgan fingerprint density at radius 3 is 2.62 bits per heavy atom. The molecule has 0 bridgehead atoms. The zero-order chi connectivity index (χ0) is 18.7. The van der Waals surface area contributed by atoms with E-state index in [0.29, 0.717) is 6.61 Å². The maximum absolute atomic E-state index is 10.9. The second kappa shape index (κ2) is 8.09. The van der Waals surface area contributed by atoms with E-state index in [-0.39, 0.29) is 12.1 Å². The molecule has 2 heterocycles. The van der Waals surface area contributed by atoms with Gasteiger partial charge in [0.2, 0.25) is 0 Å². The number of benzene rings is 1. The van der Waals surface area contributed by atoms with Crippen molar-refractivity contribution < 1.29 is 19.3 Å². The molecule has 5 nitrogen and oxygen atoms in total. The molecule has 5 heteroatoms. The number of nitrogens with one attached hydrogen (secondary N) is 1. The molecule has 1 aromatic carbocycles. The molecular formula is C21H31NO4. The summed E-state index contributed by atoms with van der Waals surface area (Å²) in [6, 6.07) is 10.1. The van der Waals surface area contributed by atoms with Crippen LogP contribution >= 0.6 is 0 Å². The van der Waals surface area contributed by atoms with E-state index in [1.165, 1.54) is 5.56 Å². The molecule has 26 heavy (non-hydrogen) atoms. The average Bonchev–Trinajstić information content (AvgIpc) is 3.15. The second-order valence-electron chi connectivity index (χ2n) is 7.61. The summed E-state index contributed by atoms with van der Waals surface area (Å²) < 4.78 is 17.8. The first-order valence-electron chi connectivity index (χ1n) is 9.54. The van der Waals surface area contributed by atoms with Gasteiger partial charge in [-0.15, -0.1) is 0 Å². The standard InChI is InChI=1S/C21H31NO4/c1-5-14(2)19-17(22-12-11-15-9-7-6-8-10-15)18(23)20(25-19)16-13-24-21(3,4)26-16/h6-10,16-18,20,22-23H,5,11-13H2,1-4H3/b19-14+/t16-,17-,18-,20-/m1/s1. The van der Waals surface area contributed by atoms with Crippen LogP contribution in [0.5, 0.6) is 0 Å². The van der Waals surface area contributed by atoms with E-state index >= 15 is 0 Å². The number of ether oxygens (including phenoxy) is 3. The van der Waals surface area contributed by atoms with Gasteiger partial charge in [-0.3, -0.25) is 0 Å². The van der Waals surface area contributed by atoms with E-state index < -0.39 is 18.0 Å². The first kappa shape index (κ1) is 19.4. The van der Waals surface area contributed by atoms with Crippen molar-refractivity contribution in [3.8, 4) is 0 Å². The molecule has 2 aliphatic rings. The van der Waals surface area contributed by atoms with Gasteiger partial charge in [0, 0.05) is 0 Å². The maximum atomic E-state index is 10.9. The highest BCUT2D eigenvalue weighted by molar-refractivity contribution is 5.21. The molecule has 1 aromatic rings. The molecule has 0 radical (unpaired) electrons. The SMILES string of the molecule is CC/C(C)=C1/O[C@H]([C@H]2COC(C)(C)O2)[C@H](O)[C@H]1NCCc1ccccc1. The van der Waals surface area contributed by atoms with Crippen molar-refractivity contribution >= 4 is 0 Å². The predicted molar refractivity (Wildman–Crippen MR) is 101 cm³/mol. The quantitative estimate of drug-likeness (QED) is 0.816. The molecule has 0 aliphatic carbocycles. The predicted octanol–water partition coefficient (Wildman–Crippen LogP) is 2.78. The summed E-state index contributed by atoms with van der Waals surface area (Å²) in [6.45, 7) is 9.15. The Hall–Kier alpha value is -1.40. The van der Waals surface area contributed by atoms with Crippen LogP contribution in [0.1, 0.15) is 39.7 Å². The van der Waals surface area contributed by atoms with Crippen molar-refractivity contribution in [3.63, 3.8) is 0 Å². The van der Waals surface area contributed by atoms with Crippen LogP contribution in [0.25, 0.3) is 0 Å². The van der Waals surface area contributed by atoms with Crippen molar-refractivity contribution in [3.05, 3.63) is 47.2 Å². The fraction of sp³-hybridized carbons (Fsp3) is 0.619. The molecule has 3 rings (SSSR count). The van der Waals surface area contributed by atoms with E-state index in [1.54, 1.807) is 0 Å². The van der Waals surface area contributed by atoms with Crippen LogP contribution in [-0.4, -0.2) is 48.4 Å². The Morgan fingerprint density at radius 1 is 1.27 bits per heavy atom. The molecule has 0 saturated carbocycles. The van der Waals surface area contributed by atoms with Crippen molar-refractivity contribution in [1.82, 2.24) is 5.32 Å². The lowest BCUT2D eigenvalue weighted by Crippen LogP contribution is -2.46. The minimum Gasteiger partial charge on any atom is -0.487 e. The van der Waals surface area contributed by atoms with Gasteiger partial charge >= 0.3 is 0 Å². The lowest BCUT2D eigenvalue weighted by molar-refractivity contribution is -0.156. The molecule has 4 atom stereocenters. The number of rotatable bonds is 6. The minimum atomic E-state index is -0.662. The Balaban J connectivity index is 1.67. The Bertz CT molecular complexity index is 628. The molecule has 144 valence electrons. The fourth-order valence-electron chi connectivity index (χ4n) is 3.58. The van der Waals surface area contributed by atoms with E-state index in [0.717, 1.165) is 30.7 Å². The monoisotopic (exact) mass is 361 g/mol. The van der Waals surface area contributed by atoms with Gasteiger partial charge in [-0.2, -0.15) is 0 Å². The van der Waals surface area contributed by atoms with Crippen LogP contribution in [0.4, 0.5) is 0 Å². The molecular weight excluding hydrogens is 330 g/mol. The molecule has 0 amide bonds. The Kier molecular flexibility index (Phi) is 6.03. The summed E-state index contributed by atoms with van der Waals surface area (Å²) in [5.41, 5.74) is 2.43. The van der Waals surface area contributed by atoms with E-state index in [9.17, 15) is 5.11 Å². The molecule has 2 N–H and O–H groups in total. The number of allylic oxidation sites excluding steroid dienone is 1. The Labute approximate surface area is 156 Å². The van der Waals surface area contributed by atoms with Crippen molar-refractivity contribution in [2.45, 2.75) is 70.7 Å². The molecule has 2 fully saturated rings. The third-order valence-corrected chi connectivity index (χ3v) is 5.19. The molecule has 2 aliphatic heterocycles. The molecule has 0 aromatic heterocycles. The first-order valence-corrected chi connectivity index (χ1v) is 9.54. The van der Waals surface area contributed by atoms with Crippen LogP contribution in [0, 0.1) is 0 Å². The third-order valence-electron chi connectivity index (χ3n) is 5.19. The number of hydrogen-bond acceptors (Lipinski definition) is 5. The van der Waals surface area contributed by atoms with Gasteiger partial charge in [0.15, 0.2) is 11.9 Å². The topological polar surface area (TPSA) is 60.0 Å². The lowest BCUT2D eigenvalue weighted by Gasteiger charge is -2.23. The average molecular weight is 361 g/mol. The van der Waals surface area contributed by atoms with Crippen LogP contribution < -0.4 is 5.32 Å². The van der Waals surface area contributed by atoms with Crippen LogP contribution in [0.3, 0.4) is 0 Å². The summed E-state index contributed by atoms with van der Waals surface area (Å²) in [5.74, 6) is 0.224. The van der Waals surface area contributed by atoms with Gasteiger partial charge in [-0.1, -0.05) is 37.3 Å². The highest BCUT2D eigenvalue weighted by Gasteiger charge is 2.49. The summed E-state index contributed by atoms with van der Waals surface area (Å²) in [5, 5.41) is 14.4. The van der Waals surface area contributed by atoms with E-state index in [1.807, 2.05) is 32.0 Å². The van der Waals surface area contributed by atoms with Gasteiger partial charge in [-0.05, 0) is 51.3 Å². The third kappa shape index (κ3) is 4.29. The highest BCUT2D eigenvalue weighted by Crippen LogP contribution is 2.35. The van der Waals surface area contributed by atoms with Crippen molar-refractivity contribution in [2.24, 2.45) is 0 Å². The van der Waals surface area contributed by atoms with Gasteiger partial charge in [-0.25, -0.2) is 0 Å². The summed E-state index contributed by atoms with van der Waals surface area (Å²) in [7, 11) is 0. The Morgan fingerprint density at radius 2 is 2.00 bits per heavy atom. The summed E-state index contributed by atoms with van der Waals surface area (Å²) in [6.07, 6.45) is 0.454. The minimum absolute atomic E-state index is 0.212. The summed E-state index contributed by atoms with van der Waals surface area (Å²) >= 11 is 0. The van der Waals surface area contributed by atoms with Gasteiger partial charge in [0.25, 0.3) is 0 Å². The van der Waals surface area contributed by atoms with Crippen molar-refractivity contribution in [2.75, 3.05) is 13.2 Å². The lowest BCUT2D eigenvalue weighted by atomic mass is 10.0. The van der Waals surface area contributed by atoms with Gasteiger partial charge in [0.1, 0.15) is 18.0 Å². The highest BCUT2D eigenvalue weighted by atomic mass is 16.8. The van der Waals surface area contributed by atoms with E-state index in [2.05, 4.69) is 31.3 Å². The molecule has 0 spiro atoms. The first-order chi connectivity index (χ1) is 12.4. The second-order valence-corrected chi connectivity index (χ2v) is 7.61. The maximum Gasteiger partial charge on any atom is 0.163 e. The fourth-order valence-corrected chi connectivity index (χ4v) is 3.58. The van der Waals surface area contributed by atoms with Crippen LogP contribution in [0.15, 0.2) is 41.7 Å². The largest absolute Gasteiger partial charge is 0.487 e. The van der Waals surface area contributed by atoms with Crippen LogP contribution in [0.2, 0.25) is 0 Å². The van der Waals surface area contributed by atoms with Gasteiger partial charge < -0.3 is 24.6 Å². The molecule has 0 unspecified atom stereocenters. The van der Waals surface area contributed by atoms with Crippen LogP contribution in [-0.2, 0) is 20.6 Å². The van der Waals surface area contributed by atoms with E-state index in [4.69, 9.17) is 14.2 Å². The number of aliphatic hydroxyl groups excluding tert-OH is 1. The zero-order valence-electron chi connectivity index (χ0n) is 16.2. The number of hydrogen-bond donors (Lipinski definition) is 2. The summed E-state index contributed by atoms with van der Waals surface area (Å²) in [4.78, 5) is 0. The van der Waals surface area contributed by atoms with Crippen molar-refractivity contribution in [1.29, 1.82) is 0 Å². The smallest absolute Gasteiger partial charge is 0.163 e. The number of aliphatic hydroxyl groups is 1. The van der Waals surface area contributed by atoms with Gasteiger partial charge in [0.05, 0.1) is 12.6 Å². The zero-order valence-corrected chi connectivity index (χ0v) is 16.2. The molecule has 2 saturated heterocycles.